The van der Waals surface area contributed by atoms with Crippen LogP contribution < -0.4 is 11.0 Å². The number of fused-ring (bicyclic) bond motifs is 1. The van der Waals surface area contributed by atoms with Gasteiger partial charge in [-0.2, -0.15) is 0 Å². The van der Waals surface area contributed by atoms with Crippen molar-refractivity contribution in [3.8, 4) is 0 Å². The van der Waals surface area contributed by atoms with Crippen LogP contribution in [-0.2, 0) is 12.0 Å². The van der Waals surface area contributed by atoms with E-state index in [1.165, 1.54) is 0 Å². The predicted molar refractivity (Wildman–Crippen MR) is 111 cm³/mol. The predicted octanol–water partition coefficient (Wildman–Crippen LogP) is 4.79. The molecule has 27 heavy (non-hydrogen) atoms. The third-order valence-electron chi connectivity index (χ3n) is 5.18. The fourth-order valence-electron chi connectivity index (χ4n) is 3.74. The number of halogens is 1. The maximum absolute atomic E-state index is 13.2. The number of benzene rings is 2. The van der Waals surface area contributed by atoms with Gasteiger partial charge >= 0.3 is 0 Å². The third-order valence-corrected chi connectivity index (χ3v) is 5.43. The van der Waals surface area contributed by atoms with E-state index in [4.69, 9.17) is 16.6 Å². The number of para-hydroxylation sites is 1. The molecule has 4 nitrogen and oxygen atoms in total. The average Bonchev–Trinajstić information content (AvgIpc) is 2.71. The second-order valence-electron chi connectivity index (χ2n) is 6.92. The number of nitrogens with zero attached hydrogens (tertiary/aromatic N) is 2. The SMILES string of the molecule is CCc1nc2ccccc2c(=O)n1N[C@]1(c2ccc(Cl)cc2)C=CCCC1. The van der Waals surface area contributed by atoms with Crippen molar-refractivity contribution in [1.29, 1.82) is 0 Å². The molecule has 0 saturated carbocycles. The maximum atomic E-state index is 13.2. The van der Waals surface area contributed by atoms with Gasteiger partial charge in [0.05, 0.1) is 16.4 Å². The lowest BCUT2D eigenvalue weighted by molar-refractivity contribution is 0.453. The highest BCUT2D eigenvalue weighted by molar-refractivity contribution is 6.30. The van der Waals surface area contributed by atoms with Crippen molar-refractivity contribution < 1.29 is 0 Å². The fraction of sp³-hybridized carbons (Fsp3) is 0.273. The highest BCUT2D eigenvalue weighted by Gasteiger charge is 2.32. The van der Waals surface area contributed by atoms with Gasteiger partial charge in [0.15, 0.2) is 0 Å². The fourth-order valence-corrected chi connectivity index (χ4v) is 3.87. The van der Waals surface area contributed by atoms with Crippen LogP contribution in [0.15, 0.2) is 65.5 Å². The van der Waals surface area contributed by atoms with Gasteiger partial charge in [-0.1, -0.05) is 54.9 Å². The highest BCUT2D eigenvalue weighted by atomic mass is 35.5. The van der Waals surface area contributed by atoms with Crippen LogP contribution in [0.25, 0.3) is 10.9 Å². The molecule has 0 amide bonds. The zero-order chi connectivity index (χ0) is 18.9. The lowest BCUT2D eigenvalue weighted by atomic mass is 9.82. The number of hydrogen-bond donors (Lipinski definition) is 1. The number of hydrogen-bond acceptors (Lipinski definition) is 3. The molecule has 4 rings (SSSR count). The molecule has 0 bridgehead atoms. The topological polar surface area (TPSA) is 46.9 Å². The molecule has 1 aliphatic rings. The van der Waals surface area contributed by atoms with Gasteiger partial charge in [0.25, 0.3) is 5.56 Å². The van der Waals surface area contributed by atoms with Crippen LogP contribution in [0.5, 0.6) is 0 Å². The number of aromatic nitrogens is 2. The molecule has 0 aliphatic heterocycles. The van der Waals surface area contributed by atoms with Crippen molar-refractivity contribution in [2.75, 3.05) is 5.43 Å². The van der Waals surface area contributed by atoms with E-state index in [0.717, 1.165) is 36.2 Å². The molecular weight excluding hydrogens is 358 g/mol. The first kappa shape index (κ1) is 17.8. The van der Waals surface area contributed by atoms with E-state index < -0.39 is 5.54 Å². The van der Waals surface area contributed by atoms with E-state index in [1.807, 2.05) is 55.5 Å². The van der Waals surface area contributed by atoms with E-state index in [1.54, 1.807) is 4.68 Å². The second-order valence-corrected chi connectivity index (χ2v) is 7.36. The van der Waals surface area contributed by atoms with Gasteiger partial charge in [-0.05, 0) is 49.1 Å². The molecule has 1 atom stereocenters. The summed E-state index contributed by atoms with van der Waals surface area (Å²) in [5.41, 5.74) is 4.82. The van der Waals surface area contributed by atoms with Crippen LogP contribution in [-0.4, -0.2) is 9.66 Å². The van der Waals surface area contributed by atoms with Crippen LogP contribution in [0.1, 0.15) is 37.6 Å². The van der Waals surface area contributed by atoms with Gasteiger partial charge < -0.3 is 5.43 Å². The minimum absolute atomic E-state index is 0.0650. The molecular formula is C22H22ClN3O. The van der Waals surface area contributed by atoms with Crippen LogP contribution in [0.3, 0.4) is 0 Å². The van der Waals surface area contributed by atoms with E-state index in [0.29, 0.717) is 16.8 Å². The quantitative estimate of drug-likeness (QED) is 0.663. The normalized spacial score (nSPS) is 19.3. The summed E-state index contributed by atoms with van der Waals surface area (Å²) in [6.07, 6.45) is 7.99. The molecule has 1 aromatic heterocycles. The summed E-state index contributed by atoms with van der Waals surface area (Å²) < 4.78 is 1.63. The molecule has 2 aromatic carbocycles. The molecule has 5 heteroatoms. The minimum atomic E-state index is -0.458. The van der Waals surface area contributed by atoms with Crippen molar-refractivity contribution in [2.45, 2.75) is 38.1 Å². The Hall–Kier alpha value is -2.59. The molecule has 0 spiro atoms. The Labute approximate surface area is 163 Å². The standard InChI is InChI=1S/C22H22ClN3O/c1-2-20-24-19-9-5-4-8-18(19)21(27)26(20)25-22(14-6-3-7-15-22)16-10-12-17(23)13-11-16/h4-6,8-14,25H,2-3,7,15H2,1H3/t22-/m1/s1. The summed E-state index contributed by atoms with van der Waals surface area (Å²) in [6, 6.07) is 15.3. The first-order valence-corrected chi connectivity index (χ1v) is 9.73. The average molecular weight is 380 g/mol. The summed E-state index contributed by atoms with van der Waals surface area (Å²) in [6.45, 7) is 2.01. The molecule has 1 N–H and O–H groups in total. The smallest absolute Gasteiger partial charge is 0.279 e. The van der Waals surface area contributed by atoms with Crippen molar-refractivity contribution in [1.82, 2.24) is 9.66 Å². The van der Waals surface area contributed by atoms with Gasteiger partial charge in [-0.3, -0.25) is 4.79 Å². The Morgan fingerprint density at radius 2 is 1.96 bits per heavy atom. The van der Waals surface area contributed by atoms with Gasteiger partial charge in [0, 0.05) is 11.4 Å². The van der Waals surface area contributed by atoms with E-state index in [2.05, 4.69) is 17.6 Å². The van der Waals surface area contributed by atoms with Gasteiger partial charge in [-0.25, -0.2) is 9.66 Å². The lowest BCUT2D eigenvalue weighted by Crippen LogP contribution is -2.45. The summed E-state index contributed by atoms with van der Waals surface area (Å²) in [5, 5.41) is 1.32. The van der Waals surface area contributed by atoms with Crippen molar-refractivity contribution in [3.63, 3.8) is 0 Å². The van der Waals surface area contributed by atoms with Crippen molar-refractivity contribution >= 4 is 22.5 Å². The molecule has 138 valence electrons. The summed E-state index contributed by atoms with van der Waals surface area (Å²) in [7, 11) is 0. The second kappa shape index (κ2) is 7.20. The Morgan fingerprint density at radius 1 is 1.19 bits per heavy atom. The van der Waals surface area contributed by atoms with Crippen molar-refractivity contribution in [3.05, 3.63) is 87.4 Å². The van der Waals surface area contributed by atoms with Crippen LogP contribution in [0.4, 0.5) is 0 Å². The van der Waals surface area contributed by atoms with Crippen LogP contribution in [0, 0.1) is 0 Å². The number of allylic oxidation sites excluding steroid dienone is 1. The van der Waals surface area contributed by atoms with Crippen molar-refractivity contribution in [2.24, 2.45) is 0 Å². The Morgan fingerprint density at radius 3 is 2.67 bits per heavy atom. The molecule has 1 heterocycles. The molecule has 0 saturated heterocycles. The molecule has 1 aliphatic carbocycles. The van der Waals surface area contributed by atoms with E-state index in [9.17, 15) is 4.79 Å². The number of nitrogens with one attached hydrogen (secondary N) is 1. The van der Waals surface area contributed by atoms with Gasteiger partial charge in [-0.15, -0.1) is 0 Å². The molecule has 0 unspecified atom stereocenters. The summed E-state index contributed by atoms with van der Waals surface area (Å²) >= 11 is 6.09. The Balaban J connectivity index is 1.88. The van der Waals surface area contributed by atoms with E-state index >= 15 is 0 Å². The number of rotatable bonds is 4. The largest absolute Gasteiger partial charge is 0.307 e. The zero-order valence-corrected chi connectivity index (χ0v) is 16.0. The zero-order valence-electron chi connectivity index (χ0n) is 15.3. The first-order chi connectivity index (χ1) is 13.1. The Bertz CT molecular complexity index is 1060. The molecule has 0 radical (unpaired) electrons. The Kier molecular flexibility index (Phi) is 4.75. The van der Waals surface area contributed by atoms with Gasteiger partial charge in [0.1, 0.15) is 5.82 Å². The van der Waals surface area contributed by atoms with Crippen LogP contribution >= 0.6 is 11.6 Å². The van der Waals surface area contributed by atoms with E-state index in [-0.39, 0.29) is 5.56 Å². The van der Waals surface area contributed by atoms with Gasteiger partial charge in [0.2, 0.25) is 0 Å². The number of aryl methyl sites for hydroxylation is 1. The maximum Gasteiger partial charge on any atom is 0.279 e. The molecule has 0 fully saturated rings. The molecule has 3 aromatic rings. The highest BCUT2D eigenvalue weighted by Crippen LogP contribution is 2.34. The summed E-state index contributed by atoms with van der Waals surface area (Å²) in [4.78, 5) is 17.9. The van der Waals surface area contributed by atoms with Crippen LogP contribution in [0.2, 0.25) is 5.02 Å². The lowest BCUT2D eigenvalue weighted by Gasteiger charge is -2.36. The third kappa shape index (κ3) is 3.26. The first-order valence-electron chi connectivity index (χ1n) is 9.35. The summed E-state index contributed by atoms with van der Waals surface area (Å²) in [5.74, 6) is 0.728. The minimum Gasteiger partial charge on any atom is -0.307 e. The monoisotopic (exact) mass is 379 g/mol.